The maximum atomic E-state index is 12.7. The first-order valence-corrected chi connectivity index (χ1v) is 8.65. The lowest BCUT2D eigenvalue weighted by Crippen LogP contribution is -3.12. The number of ether oxygens (including phenoxy) is 1. The van der Waals surface area contributed by atoms with Gasteiger partial charge < -0.3 is 15.0 Å². The largest absolute Gasteiger partial charge is 0.497 e. The molecule has 0 heterocycles. The normalized spacial score (nSPS) is 13.2. The minimum absolute atomic E-state index is 0.0375. The Hall–Kier alpha value is -2.33. The monoisotopic (exact) mass is 341 g/mol. The van der Waals surface area contributed by atoms with Crippen LogP contribution >= 0.6 is 0 Å². The Kier molecular flexibility index (Phi) is 6.21. The van der Waals surface area contributed by atoms with Crippen molar-refractivity contribution in [3.8, 4) is 5.75 Å². The van der Waals surface area contributed by atoms with Gasteiger partial charge in [-0.3, -0.25) is 4.79 Å². The van der Waals surface area contributed by atoms with Crippen LogP contribution in [0.25, 0.3) is 0 Å². The summed E-state index contributed by atoms with van der Waals surface area (Å²) in [6.07, 6.45) is 0. The van der Waals surface area contributed by atoms with Crippen LogP contribution < -0.4 is 15.0 Å². The molecule has 4 heteroatoms. The summed E-state index contributed by atoms with van der Waals surface area (Å²) in [5.74, 6) is 0.878. The van der Waals surface area contributed by atoms with Crippen molar-refractivity contribution in [2.75, 3.05) is 19.5 Å². The fraction of sp³-hybridized carbons (Fsp3) is 0.381. The zero-order chi connectivity index (χ0) is 18.6. The van der Waals surface area contributed by atoms with Gasteiger partial charge in [-0.25, -0.2) is 0 Å². The number of aryl methyl sites for hydroxylation is 3. The number of amides is 1. The summed E-state index contributed by atoms with van der Waals surface area (Å²) in [7, 11) is 3.70. The van der Waals surface area contributed by atoms with Crippen LogP contribution in [-0.4, -0.2) is 26.1 Å². The fourth-order valence-corrected chi connectivity index (χ4v) is 3.09. The first kappa shape index (κ1) is 19.0. The molecule has 2 aromatic rings. The molecule has 25 heavy (non-hydrogen) atoms. The highest BCUT2D eigenvalue weighted by Crippen LogP contribution is 2.21. The van der Waals surface area contributed by atoms with Crippen molar-refractivity contribution in [1.82, 2.24) is 0 Å². The predicted octanol–water partition coefficient (Wildman–Crippen LogP) is 2.66. The van der Waals surface area contributed by atoms with E-state index < -0.39 is 0 Å². The predicted molar refractivity (Wildman–Crippen MR) is 102 cm³/mol. The summed E-state index contributed by atoms with van der Waals surface area (Å²) >= 11 is 0. The smallest absolute Gasteiger partial charge is 0.282 e. The highest BCUT2D eigenvalue weighted by atomic mass is 16.5. The molecule has 0 aliphatic rings. The Morgan fingerprint density at radius 2 is 1.80 bits per heavy atom. The third-order valence-electron chi connectivity index (χ3n) is 4.67. The first-order valence-electron chi connectivity index (χ1n) is 8.65. The molecular weight excluding hydrogens is 312 g/mol. The molecular formula is C21H29N2O2+. The molecule has 0 saturated heterocycles. The molecule has 0 aromatic heterocycles. The van der Waals surface area contributed by atoms with Gasteiger partial charge in [0.25, 0.3) is 5.91 Å². The van der Waals surface area contributed by atoms with Gasteiger partial charge in [0.15, 0.2) is 6.04 Å². The maximum absolute atomic E-state index is 12.7. The van der Waals surface area contributed by atoms with E-state index in [1.54, 1.807) is 7.11 Å². The lowest BCUT2D eigenvalue weighted by Gasteiger charge is -2.22. The summed E-state index contributed by atoms with van der Waals surface area (Å²) in [6, 6.07) is 12.0. The van der Waals surface area contributed by atoms with E-state index in [4.69, 9.17) is 4.74 Å². The molecule has 2 N–H and O–H groups in total. The van der Waals surface area contributed by atoms with Gasteiger partial charge in [-0.2, -0.15) is 0 Å². The van der Waals surface area contributed by atoms with E-state index in [0.717, 1.165) is 39.6 Å². The van der Waals surface area contributed by atoms with Crippen molar-refractivity contribution in [2.45, 2.75) is 40.3 Å². The zero-order valence-corrected chi connectivity index (χ0v) is 16.1. The number of carbonyl (C=O) groups is 1. The second-order valence-electron chi connectivity index (χ2n) is 6.86. The summed E-state index contributed by atoms with van der Waals surface area (Å²) in [4.78, 5) is 13.8. The van der Waals surface area contributed by atoms with E-state index in [0.29, 0.717) is 0 Å². The summed E-state index contributed by atoms with van der Waals surface area (Å²) in [5, 5.41) is 3.11. The fourth-order valence-electron chi connectivity index (χ4n) is 3.09. The van der Waals surface area contributed by atoms with Crippen LogP contribution in [0, 0.1) is 20.8 Å². The first-order chi connectivity index (χ1) is 11.8. The Bertz CT molecular complexity index is 732. The minimum Gasteiger partial charge on any atom is -0.497 e. The Morgan fingerprint density at radius 1 is 1.16 bits per heavy atom. The number of hydrogen-bond donors (Lipinski definition) is 2. The lowest BCUT2D eigenvalue weighted by atomic mass is 10.0. The molecule has 2 atom stereocenters. The molecule has 2 aromatic carbocycles. The van der Waals surface area contributed by atoms with E-state index in [9.17, 15) is 4.79 Å². The number of benzene rings is 2. The van der Waals surface area contributed by atoms with Crippen molar-refractivity contribution >= 4 is 11.6 Å². The zero-order valence-electron chi connectivity index (χ0n) is 16.1. The van der Waals surface area contributed by atoms with Gasteiger partial charge in [0.05, 0.1) is 14.2 Å². The van der Waals surface area contributed by atoms with Gasteiger partial charge in [-0.05, 0) is 51.0 Å². The van der Waals surface area contributed by atoms with Crippen LogP contribution in [-0.2, 0) is 11.3 Å². The van der Waals surface area contributed by atoms with Crippen molar-refractivity contribution in [3.63, 3.8) is 0 Å². The third kappa shape index (κ3) is 4.83. The highest BCUT2D eigenvalue weighted by Gasteiger charge is 2.23. The van der Waals surface area contributed by atoms with E-state index in [1.807, 2.05) is 46.0 Å². The van der Waals surface area contributed by atoms with Gasteiger partial charge >= 0.3 is 0 Å². The van der Waals surface area contributed by atoms with Crippen LogP contribution in [0.1, 0.15) is 29.2 Å². The number of rotatable bonds is 6. The molecule has 0 fully saturated rings. The van der Waals surface area contributed by atoms with Crippen molar-refractivity contribution in [2.24, 2.45) is 0 Å². The van der Waals surface area contributed by atoms with Crippen LogP contribution in [0.15, 0.2) is 36.4 Å². The maximum Gasteiger partial charge on any atom is 0.282 e. The van der Waals surface area contributed by atoms with Gasteiger partial charge in [0, 0.05) is 11.3 Å². The number of carbonyl (C=O) groups excluding carboxylic acids is 1. The summed E-state index contributed by atoms with van der Waals surface area (Å²) < 4.78 is 5.27. The second-order valence-corrected chi connectivity index (χ2v) is 6.86. The second kappa shape index (κ2) is 8.17. The molecule has 0 saturated carbocycles. The Labute approximate surface area is 150 Å². The molecule has 0 aliphatic heterocycles. The average molecular weight is 341 g/mol. The number of anilines is 1. The molecule has 0 spiro atoms. The number of quaternary nitrogens is 1. The molecule has 134 valence electrons. The van der Waals surface area contributed by atoms with Crippen molar-refractivity contribution in [3.05, 3.63) is 58.7 Å². The number of likely N-dealkylation sites (N-methyl/N-ethyl adjacent to an activating group) is 1. The standard InChI is InChI=1S/C21H28N2O2/c1-14-10-15(2)20(16(3)11-14)22-21(24)17(4)23(5)13-18-8-7-9-19(12-18)25-6/h7-12,17H,13H2,1-6H3,(H,22,24)/p+1/t17-/m0/s1. The summed E-state index contributed by atoms with van der Waals surface area (Å²) in [6.45, 7) is 8.86. The van der Waals surface area contributed by atoms with Crippen LogP contribution in [0.3, 0.4) is 0 Å². The van der Waals surface area contributed by atoms with Gasteiger partial charge in [-0.15, -0.1) is 0 Å². The van der Waals surface area contributed by atoms with E-state index in [-0.39, 0.29) is 11.9 Å². The number of hydrogen-bond acceptors (Lipinski definition) is 2. The van der Waals surface area contributed by atoms with Crippen LogP contribution in [0.2, 0.25) is 0 Å². The number of nitrogens with one attached hydrogen (secondary N) is 2. The van der Waals surface area contributed by atoms with E-state index >= 15 is 0 Å². The van der Waals surface area contributed by atoms with Crippen LogP contribution in [0.5, 0.6) is 5.75 Å². The molecule has 0 radical (unpaired) electrons. The molecule has 4 nitrogen and oxygen atoms in total. The van der Waals surface area contributed by atoms with E-state index in [2.05, 4.69) is 30.4 Å². The van der Waals surface area contributed by atoms with Gasteiger partial charge in [0.1, 0.15) is 12.3 Å². The topological polar surface area (TPSA) is 42.8 Å². The van der Waals surface area contributed by atoms with Gasteiger partial charge in [0.2, 0.25) is 0 Å². The summed E-state index contributed by atoms with van der Waals surface area (Å²) in [5.41, 5.74) is 5.49. The Balaban J connectivity index is 2.06. The minimum atomic E-state index is -0.161. The van der Waals surface area contributed by atoms with Crippen LogP contribution in [0.4, 0.5) is 5.69 Å². The molecule has 0 aliphatic carbocycles. The molecule has 0 bridgehead atoms. The average Bonchev–Trinajstić information content (AvgIpc) is 2.57. The number of methoxy groups -OCH3 is 1. The van der Waals surface area contributed by atoms with E-state index in [1.165, 1.54) is 5.56 Å². The Morgan fingerprint density at radius 3 is 2.40 bits per heavy atom. The molecule has 1 unspecified atom stereocenters. The SMILES string of the molecule is COc1cccc(C[NH+](C)[C@@H](C)C(=O)Nc2c(C)cc(C)cc2C)c1. The lowest BCUT2D eigenvalue weighted by molar-refractivity contribution is -0.907. The third-order valence-corrected chi connectivity index (χ3v) is 4.67. The van der Waals surface area contributed by atoms with Crippen molar-refractivity contribution in [1.29, 1.82) is 0 Å². The molecule has 1 amide bonds. The van der Waals surface area contributed by atoms with Crippen molar-refractivity contribution < 1.29 is 14.4 Å². The van der Waals surface area contributed by atoms with Gasteiger partial charge in [-0.1, -0.05) is 29.8 Å². The highest BCUT2D eigenvalue weighted by molar-refractivity contribution is 5.95. The quantitative estimate of drug-likeness (QED) is 0.848. The molecule has 2 rings (SSSR count).